The standard InChI is InChI=1S/C21H25N3O3S2/c1-13-4-5-16-15(11-13)12-18(29-16)20(26)23-22-19(25)14-6-8-24(9-7-14)21(27)17-3-2-10-28-17/h2-3,10,12-14H,4-9,11H2,1H3,(H,22,25)(H,23,26). The van der Waals surface area contributed by atoms with Crippen molar-refractivity contribution in [3.63, 3.8) is 0 Å². The zero-order valence-electron chi connectivity index (χ0n) is 16.4. The highest BCUT2D eigenvalue weighted by molar-refractivity contribution is 7.14. The smallest absolute Gasteiger partial charge is 0.279 e. The molecule has 1 aliphatic carbocycles. The first-order valence-electron chi connectivity index (χ1n) is 10.1. The molecule has 6 nitrogen and oxygen atoms in total. The molecule has 8 heteroatoms. The van der Waals surface area contributed by atoms with Gasteiger partial charge < -0.3 is 4.90 Å². The second-order valence-corrected chi connectivity index (χ2v) is 9.98. The number of thiophene rings is 2. The van der Waals surface area contributed by atoms with E-state index in [2.05, 4.69) is 17.8 Å². The maximum atomic E-state index is 12.5. The quantitative estimate of drug-likeness (QED) is 0.733. The summed E-state index contributed by atoms with van der Waals surface area (Å²) in [5.74, 6) is 0.0562. The van der Waals surface area contributed by atoms with E-state index >= 15 is 0 Å². The van der Waals surface area contributed by atoms with E-state index in [4.69, 9.17) is 0 Å². The number of piperidine rings is 1. The van der Waals surface area contributed by atoms with E-state index in [0.29, 0.717) is 36.7 Å². The molecule has 3 heterocycles. The molecule has 154 valence electrons. The summed E-state index contributed by atoms with van der Waals surface area (Å²) >= 11 is 2.96. The predicted molar refractivity (Wildman–Crippen MR) is 114 cm³/mol. The van der Waals surface area contributed by atoms with E-state index in [0.717, 1.165) is 17.7 Å². The molecule has 1 fully saturated rings. The number of hydrazine groups is 1. The Morgan fingerprint density at radius 2 is 1.90 bits per heavy atom. The van der Waals surface area contributed by atoms with Crippen LogP contribution in [0.15, 0.2) is 23.6 Å². The second kappa shape index (κ2) is 8.67. The molecule has 4 rings (SSSR count). The van der Waals surface area contributed by atoms with Crippen LogP contribution in [0.2, 0.25) is 0 Å². The van der Waals surface area contributed by atoms with Crippen molar-refractivity contribution in [3.8, 4) is 0 Å². The van der Waals surface area contributed by atoms with Crippen LogP contribution >= 0.6 is 22.7 Å². The minimum atomic E-state index is -0.254. The number of amides is 3. The maximum Gasteiger partial charge on any atom is 0.279 e. The van der Waals surface area contributed by atoms with Crippen molar-refractivity contribution in [3.05, 3.63) is 43.8 Å². The fourth-order valence-corrected chi connectivity index (χ4v) is 5.80. The predicted octanol–water partition coefficient (Wildman–Crippen LogP) is 3.25. The van der Waals surface area contributed by atoms with Crippen molar-refractivity contribution in [2.45, 2.75) is 39.0 Å². The maximum absolute atomic E-state index is 12.5. The van der Waals surface area contributed by atoms with Gasteiger partial charge in [0.25, 0.3) is 11.8 Å². The van der Waals surface area contributed by atoms with Crippen LogP contribution < -0.4 is 10.9 Å². The number of nitrogens with one attached hydrogen (secondary N) is 2. The minimum Gasteiger partial charge on any atom is -0.338 e. The van der Waals surface area contributed by atoms with E-state index < -0.39 is 0 Å². The van der Waals surface area contributed by atoms with Crippen LogP contribution in [0.1, 0.15) is 56.0 Å². The summed E-state index contributed by atoms with van der Waals surface area (Å²) in [5, 5.41) is 1.89. The third-order valence-electron chi connectivity index (χ3n) is 5.74. The number of carbonyl (C=O) groups excluding carboxylic acids is 3. The molecule has 29 heavy (non-hydrogen) atoms. The van der Waals surface area contributed by atoms with Gasteiger partial charge in [0.05, 0.1) is 9.75 Å². The summed E-state index contributed by atoms with van der Waals surface area (Å²) < 4.78 is 0. The summed E-state index contributed by atoms with van der Waals surface area (Å²) in [5.41, 5.74) is 6.42. The summed E-state index contributed by atoms with van der Waals surface area (Å²) in [6.45, 7) is 3.34. The van der Waals surface area contributed by atoms with Gasteiger partial charge in [0.1, 0.15) is 0 Å². The number of hydrogen-bond donors (Lipinski definition) is 2. The third kappa shape index (κ3) is 4.53. The number of fused-ring (bicyclic) bond motifs is 1. The van der Waals surface area contributed by atoms with Crippen molar-refractivity contribution in [1.82, 2.24) is 15.8 Å². The number of likely N-dealkylation sites (tertiary alicyclic amines) is 1. The molecule has 1 unspecified atom stereocenters. The van der Waals surface area contributed by atoms with Gasteiger partial charge in [-0.2, -0.15) is 0 Å². The number of rotatable bonds is 3. The Balaban J connectivity index is 1.25. The van der Waals surface area contributed by atoms with E-state index in [9.17, 15) is 14.4 Å². The van der Waals surface area contributed by atoms with Gasteiger partial charge in [-0.05, 0) is 61.1 Å². The third-order valence-corrected chi connectivity index (χ3v) is 7.83. The highest BCUT2D eigenvalue weighted by Crippen LogP contribution is 2.32. The van der Waals surface area contributed by atoms with Crippen LogP contribution in [-0.2, 0) is 17.6 Å². The Hall–Kier alpha value is -2.19. The van der Waals surface area contributed by atoms with E-state index in [1.807, 2.05) is 23.6 Å². The highest BCUT2D eigenvalue weighted by atomic mass is 32.1. The average Bonchev–Trinajstić information content (AvgIpc) is 3.41. The Morgan fingerprint density at radius 3 is 2.62 bits per heavy atom. The Labute approximate surface area is 178 Å². The topological polar surface area (TPSA) is 78.5 Å². The Kier molecular flexibility index (Phi) is 6.01. The largest absolute Gasteiger partial charge is 0.338 e. The molecule has 2 aliphatic rings. The summed E-state index contributed by atoms with van der Waals surface area (Å²) in [7, 11) is 0. The van der Waals surface area contributed by atoms with Crippen molar-refractivity contribution < 1.29 is 14.4 Å². The summed E-state index contributed by atoms with van der Waals surface area (Å²) in [6.07, 6.45) is 4.42. The molecular weight excluding hydrogens is 406 g/mol. The Bertz CT molecular complexity index is 898. The molecule has 0 bridgehead atoms. The fraction of sp³-hybridized carbons (Fsp3) is 0.476. The first-order chi connectivity index (χ1) is 14.0. The van der Waals surface area contributed by atoms with Crippen LogP contribution in [0.4, 0.5) is 0 Å². The number of nitrogens with zero attached hydrogens (tertiary/aromatic N) is 1. The molecule has 1 aliphatic heterocycles. The van der Waals surface area contributed by atoms with Gasteiger partial charge in [-0.3, -0.25) is 25.2 Å². The monoisotopic (exact) mass is 431 g/mol. The molecule has 2 aromatic rings. The lowest BCUT2D eigenvalue weighted by Gasteiger charge is -2.31. The van der Waals surface area contributed by atoms with Crippen LogP contribution in [0.3, 0.4) is 0 Å². The average molecular weight is 432 g/mol. The van der Waals surface area contributed by atoms with Crippen molar-refractivity contribution in [2.24, 2.45) is 11.8 Å². The lowest BCUT2D eigenvalue weighted by Crippen LogP contribution is -2.48. The first kappa shape index (κ1) is 20.1. The van der Waals surface area contributed by atoms with E-state index in [1.54, 1.807) is 4.90 Å². The highest BCUT2D eigenvalue weighted by Gasteiger charge is 2.28. The molecule has 1 atom stereocenters. The molecule has 2 aromatic heterocycles. The van der Waals surface area contributed by atoms with Crippen LogP contribution in [0.5, 0.6) is 0 Å². The molecule has 0 spiro atoms. The number of aryl methyl sites for hydroxylation is 1. The molecular formula is C21H25N3O3S2. The van der Waals surface area contributed by atoms with Gasteiger partial charge in [-0.25, -0.2) is 0 Å². The van der Waals surface area contributed by atoms with Crippen molar-refractivity contribution in [1.29, 1.82) is 0 Å². The summed E-state index contributed by atoms with van der Waals surface area (Å²) in [4.78, 5) is 41.8. The van der Waals surface area contributed by atoms with E-state index in [1.165, 1.54) is 39.5 Å². The van der Waals surface area contributed by atoms with Gasteiger partial charge in [-0.15, -0.1) is 22.7 Å². The zero-order valence-corrected chi connectivity index (χ0v) is 18.0. The van der Waals surface area contributed by atoms with Gasteiger partial charge in [0.15, 0.2) is 0 Å². The molecule has 0 radical (unpaired) electrons. The molecule has 3 amide bonds. The SMILES string of the molecule is CC1CCc2sc(C(=O)NNC(=O)C3CCN(C(=O)c4cccs4)CC3)cc2C1. The number of carbonyl (C=O) groups is 3. The minimum absolute atomic E-state index is 0.0307. The lowest BCUT2D eigenvalue weighted by atomic mass is 9.90. The normalized spacial score (nSPS) is 19.5. The first-order valence-corrected chi connectivity index (χ1v) is 11.8. The second-order valence-electron chi connectivity index (χ2n) is 7.89. The molecule has 1 saturated heterocycles. The molecule has 0 aromatic carbocycles. The van der Waals surface area contributed by atoms with E-state index in [-0.39, 0.29) is 23.6 Å². The van der Waals surface area contributed by atoms with Gasteiger partial charge in [0.2, 0.25) is 5.91 Å². The fourth-order valence-electron chi connectivity index (χ4n) is 4.00. The molecule has 0 saturated carbocycles. The van der Waals surface area contributed by atoms with Gasteiger partial charge in [-0.1, -0.05) is 13.0 Å². The Morgan fingerprint density at radius 1 is 1.10 bits per heavy atom. The summed E-state index contributed by atoms with van der Waals surface area (Å²) in [6, 6.07) is 5.65. The van der Waals surface area contributed by atoms with Crippen molar-refractivity contribution in [2.75, 3.05) is 13.1 Å². The van der Waals surface area contributed by atoms with Crippen molar-refractivity contribution >= 4 is 40.4 Å². The van der Waals surface area contributed by atoms with Crippen LogP contribution in [0.25, 0.3) is 0 Å². The van der Waals surface area contributed by atoms with Gasteiger partial charge in [0, 0.05) is 23.9 Å². The zero-order chi connectivity index (χ0) is 20.4. The number of hydrogen-bond acceptors (Lipinski definition) is 5. The lowest BCUT2D eigenvalue weighted by molar-refractivity contribution is -0.127. The molecule has 2 N–H and O–H groups in total. The van der Waals surface area contributed by atoms with Crippen LogP contribution in [0, 0.1) is 11.8 Å². The van der Waals surface area contributed by atoms with Gasteiger partial charge >= 0.3 is 0 Å². The van der Waals surface area contributed by atoms with Crippen LogP contribution in [-0.4, -0.2) is 35.7 Å².